The van der Waals surface area contributed by atoms with E-state index >= 15 is 0 Å². The minimum absolute atomic E-state index is 0.0692. The van der Waals surface area contributed by atoms with Crippen LogP contribution in [-0.2, 0) is 10.0 Å². The SMILES string of the molecule is COc1ccc(-c2nnc3ccc(OCCNC(=O)c4ccc(S(N)(=O)=O)cc4)nn23)cc1OC. The van der Waals surface area contributed by atoms with Gasteiger partial charge in [-0.2, -0.15) is 4.52 Å². The molecule has 2 heterocycles. The van der Waals surface area contributed by atoms with E-state index in [4.69, 9.17) is 19.3 Å². The second kappa shape index (κ2) is 9.95. The molecule has 0 saturated heterocycles. The predicted molar refractivity (Wildman–Crippen MR) is 125 cm³/mol. The number of methoxy groups -OCH3 is 2. The average Bonchev–Trinajstić information content (AvgIpc) is 3.29. The van der Waals surface area contributed by atoms with Gasteiger partial charge in [-0.25, -0.2) is 13.6 Å². The Balaban J connectivity index is 1.40. The van der Waals surface area contributed by atoms with Crippen molar-refractivity contribution in [2.45, 2.75) is 4.90 Å². The van der Waals surface area contributed by atoms with Gasteiger partial charge in [-0.05, 0) is 48.5 Å². The monoisotopic (exact) mass is 498 g/mol. The minimum atomic E-state index is -3.82. The van der Waals surface area contributed by atoms with E-state index in [9.17, 15) is 13.2 Å². The van der Waals surface area contributed by atoms with E-state index in [2.05, 4.69) is 20.6 Å². The zero-order valence-electron chi connectivity index (χ0n) is 18.8. The number of nitrogens with one attached hydrogen (secondary N) is 1. The maximum absolute atomic E-state index is 12.3. The first-order valence-corrected chi connectivity index (χ1v) is 11.8. The Morgan fingerprint density at radius 3 is 2.43 bits per heavy atom. The lowest BCUT2D eigenvalue weighted by atomic mass is 10.2. The van der Waals surface area contributed by atoms with Crippen molar-refractivity contribution in [1.29, 1.82) is 0 Å². The van der Waals surface area contributed by atoms with Crippen LogP contribution in [0.15, 0.2) is 59.5 Å². The number of nitrogens with zero attached hydrogens (tertiary/aromatic N) is 4. The molecule has 0 aliphatic heterocycles. The first kappa shape index (κ1) is 23.9. The first-order chi connectivity index (χ1) is 16.8. The van der Waals surface area contributed by atoms with Crippen LogP contribution in [0, 0.1) is 0 Å². The Kier molecular flexibility index (Phi) is 6.80. The number of aromatic nitrogens is 4. The van der Waals surface area contributed by atoms with E-state index in [0.29, 0.717) is 34.4 Å². The lowest BCUT2D eigenvalue weighted by molar-refractivity contribution is 0.0946. The van der Waals surface area contributed by atoms with Crippen LogP contribution < -0.4 is 24.7 Å². The molecule has 2 aromatic carbocycles. The molecule has 0 aliphatic carbocycles. The largest absolute Gasteiger partial charge is 0.493 e. The molecule has 0 unspecified atom stereocenters. The molecule has 0 atom stereocenters. The van der Waals surface area contributed by atoms with Gasteiger partial charge in [0, 0.05) is 17.2 Å². The van der Waals surface area contributed by atoms with Gasteiger partial charge < -0.3 is 19.5 Å². The highest BCUT2D eigenvalue weighted by Gasteiger charge is 2.14. The lowest BCUT2D eigenvalue weighted by Crippen LogP contribution is -2.28. The standard InChI is InChI=1S/C22H22N6O6S/c1-32-17-8-5-15(13-18(17)33-2)21-26-25-19-9-10-20(27-28(19)21)34-12-11-24-22(29)14-3-6-16(7-4-14)35(23,30)31/h3-10,13H,11-12H2,1-2H3,(H,24,29)(H2,23,30,31). The highest BCUT2D eigenvalue weighted by molar-refractivity contribution is 7.89. The van der Waals surface area contributed by atoms with Crippen LogP contribution in [0.4, 0.5) is 0 Å². The summed E-state index contributed by atoms with van der Waals surface area (Å²) in [7, 11) is -0.712. The van der Waals surface area contributed by atoms with Crippen LogP contribution in [0.5, 0.6) is 17.4 Å². The third-order valence-electron chi connectivity index (χ3n) is 4.96. The fourth-order valence-corrected chi connectivity index (χ4v) is 3.74. The Morgan fingerprint density at radius 2 is 1.74 bits per heavy atom. The maximum atomic E-state index is 12.3. The highest BCUT2D eigenvalue weighted by Crippen LogP contribution is 2.31. The van der Waals surface area contributed by atoms with Gasteiger partial charge in [0.25, 0.3) is 5.91 Å². The highest BCUT2D eigenvalue weighted by atomic mass is 32.2. The molecular weight excluding hydrogens is 476 g/mol. The van der Waals surface area contributed by atoms with Gasteiger partial charge in [-0.3, -0.25) is 4.79 Å². The van der Waals surface area contributed by atoms with Crippen molar-refractivity contribution in [2.75, 3.05) is 27.4 Å². The molecule has 35 heavy (non-hydrogen) atoms. The Labute approximate surface area is 200 Å². The molecule has 0 aliphatic rings. The van der Waals surface area contributed by atoms with E-state index in [1.54, 1.807) is 43.0 Å². The molecule has 1 amide bonds. The summed E-state index contributed by atoms with van der Waals surface area (Å²) < 4.78 is 40.5. The molecule has 4 aromatic rings. The van der Waals surface area contributed by atoms with Gasteiger partial charge >= 0.3 is 0 Å². The number of primary sulfonamides is 1. The van der Waals surface area contributed by atoms with Crippen molar-refractivity contribution in [1.82, 2.24) is 25.1 Å². The zero-order valence-corrected chi connectivity index (χ0v) is 19.7. The summed E-state index contributed by atoms with van der Waals surface area (Å²) in [6.07, 6.45) is 0. The van der Waals surface area contributed by atoms with Crippen molar-refractivity contribution < 1.29 is 27.4 Å². The van der Waals surface area contributed by atoms with Gasteiger partial charge in [0.05, 0.1) is 25.7 Å². The number of sulfonamides is 1. The summed E-state index contributed by atoms with van der Waals surface area (Å²) in [4.78, 5) is 12.2. The summed E-state index contributed by atoms with van der Waals surface area (Å²) in [5.41, 5.74) is 1.54. The minimum Gasteiger partial charge on any atom is -0.493 e. The fraction of sp³-hybridized carbons (Fsp3) is 0.182. The Hall–Kier alpha value is -4.23. The Morgan fingerprint density at radius 1 is 1.00 bits per heavy atom. The number of rotatable bonds is 9. The number of amides is 1. The van der Waals surface area contributed by atoms with Crippen molar-refractivity contribution in [3.05, 3.63) is 60.2 Å². The number of carbonyl (C=O) groups excluding carboxylic acids is 1. The van der Waals surface area contributed by atoms with Crippen LogP contribution in [0.2, 0.25) is 0 Å². The van der Waals surface area contributed by atoms with Gasteiger partial charge in [0.2, 0.25) is 15.9 Å². The molecule has 182 valence electrons. The number of ether oxygens (including phenoxy) is 3. The van der Waals surface area contributed by atoms with Crippen molar-refractivity contribution in [3.63, 3.8) is 0 Å². The normalized spacial score (nSPS) is 11.3. The van der Waals surface area contributed by atoms with Crippen molar-refractivity contribution in [2.24, 2.45) is 5.14 Å². The molecule has 13 heteroatoms. The Bertz CT molecular complexity index is 1470. The molecule has 0 saturated carbocycles. The van der Waals surface area contributed by atoms with E-state index < -0.39 is 10.0 Å². The molecule has 2 aromatic heterocycles. The molecule has 3 N–H and O–H groups in total. The second-order valence-corrected chi connectivity index (χ2v) is 8.77. The number of hydrogen-bond donors (Lipinski definition) is 2. The predicted octanol–water partition coefficient (Wildman–Crippen LogP) is 1.26. The van der Waals surface area contributed by atoms with E-state index in [0.717, 1.165) is 5.56 Å². The van der Waals surface area contributed by atoms with E-state index in [-0.39, 0.29) is 24.0 Å². The topological polar surface area (TPSA) is 160 Å². The molecule has 4 rings (SSSR count). The number of carbonyl (C=O) groups is 1. The van der Waals surface area contributed by atoms with Gasteiger partial charge in [0.1, 0.15) is 6.61 Å². The summed E-state index contributed by atoms with van der Waals surface area (Å²) in [5.74, 6) is 1.55. The van der Waals surface area contributed by atoms with Gasteiger partial charge in [0.15, 0.2) is 23.0 Å². The van der Waals surface area contributed by atoms with Crippen LogP contribution >= 0.6 is 0 Å². The van der Waals surface area contributed by atoms with Crippen molar-refractivity contribution in [3.8, 4) is 28.8 Å². The quantitative estimate of drug-likeness (QED) is 0.324. The molecular formula is C22H22N6O6S. The number of hydrogen-bond acceptors (Lipinski definition) is 9. The fourth-order valence-electron chi connectivity index (χ4n) is 3.22. The average molecular weight is 499 g/mol. The third-order valence-corrected chi connectivity index (χ3v) is 5.89. The number of fused-ring (bicyclic) bond motifs is 1. The molecule has 12 nitrogen and oxygen atoms in total. The van der Waals surface area contributed by atoms with E-state index in [1.165, 1.54) is 24.3 Å². The zero-order chi connectivity index (χ0) is 25.0. The summed E-state index contributed by atoms with van der Waals surface area (Å²) in [5, 5.41) is 20.5. The summed E-state index contributed by atoms with van der Waals surface area (Å²) in [6, 6.07) is 14.0. The lowest BCUT2D eigenvalue weighted by Gasteiger charge is -2.09. The summed E-state index contributed by atoms with van der Waals surface area (Å²) in [6.45, 7) is 0.341. The number of benzene rings is 2. The van der Waals surface area contributed by atoms with Crippen LogP contribution in [-0.4, -0.2) is 61.5 Å². The van der Waals surface area contributed by atoms with E-state index in [1.807, 2.05) is 6.07 Å². The molecule has 0 radical (unpaired) electrons. The molecule has 0 spiro atoms. The number of nitrogens with two attached hydrogens (primary N) is 1. The smallest absolute Gasteiger partial charge is 0.251 e. The molecule has 0 bridgehead atoms. The van der Waals surface area contributed by atoms with Crippen LogP contribution in [0.25, 0.3) is 17.0 Å². The van der Waals surface area contributed by atoms with Crippen LogP contribution in [0.1, 0.15) is 10.4 Å². The maximum Gasteiger partial charge on any atom is 0.251 e. The van der Waals surface area contributed by atoms with Gasteiger partial charge in [-0.15, -0.1) is 15.3 Å². The van der Waals surface area contributed by atoms with Crippen LogP contribution in [0.3, 0.4) is 0 Å². The van der Waals surface area contributed by atoms with Gasteiger partial charge in [-0.1, -0.05) is 0 Å². The van der Waals surface area contributed by atoms with Crippen molar-refractivity contribution >= 4 is 21.6 Å². The first-order valence-electron chi connectivity index (χ1n) is 10.3. The summed E-state index contributed by atoms with van der Waals surface area (Å²) >= 11 is 0. The second-order valence-electron chi connectivity index (χ2n) is 7.21. The third kappa shape index (κ3) is 5.31. The molecule has 0 fully saturated rings.